The van der Waals surface area contributed by atoms with Gasteiger partial charge in [-0.25, -0.2) is 15.0 Å². The van der Waals surface area contributed by atoms with Gasteiger partial charge < -0.3 is 19.9 Å². The van der Waals surface area contributed by atoms with Crippen molar-refractivity contribution in [3.63, 3.8) is 0 Å². The molecule has 2 amide bonds. The summed E-state index contributed by atoms with van der Waals surface area (Å²) in [5.74, 6) is 4.70. The Morgan fingerprint density at radius 3 is 2.59 bits per heavy atom. The number of ether oxygens (including phenoxy) is 1. The molecule has 1 saturated heterocycles. The summed E-state index contributed by atoms with van der Waals surface area (Å²) in [6, 6.07) is 4.55. The molecule has 0 atom stereocenters. The lowest BCUT2D eigenvalue weighted by atomic mass is 10.1. The number of piperazine rings is 1. The minimum atomic E-state index is -4.57. The molecule has 3 aromatic rings. The molecule has 37 heavy (non-hydrogen) atoms. The molecular weight excluding hydrogens is 491 g/mol. The molecule has 4 rings (SSSR count). The molecule has 2 N–H and O–H groups in total. The standard InChI is InChI=1S/C24H22F3N7O3/c25-24(26,27)21-14-30-23(32-21)18-2-3-20(37-10-9-33-5-7-34(16-35)8-6-33)19(11-18)31-22(36)4-1-17-12-28-15-29-13-17/h2-3,11-16H,5-10H2,(H,30,32)(H,31,36). The number of aromatic amines is 1. The molecule has 1 aliphatic heterocycles. The number of imidazole rings is 1. The van der Waals surface area contributed by atoms with Crippen molar-refractivity contribution in [2.45, 2.75) is 6.18 Å². The summed E-state index contributed by atoms with van der Waals surface area (Å²) in [7, 11) is 0. The first-order valence-corrected chi connectivity index (χ1v) is 11.2. The largest absolute Gasteiger partial charge is 0.490 e. The van der Waals surface area contributed by atoms with Crippen LogP contribution >= 0.6 is 0 Å². The van der Waals surface area contributed by atoms with Crippen molar-refractivity contribution in [2.75, 3.05) is 44.6 Å². The number of rotatable bonds is 7. The van der Waals surface area contributed by atoms with E-state index < -0.39 is 17.8 Å². The van der Waals surface area contributed by atoms with Crippen molar-refractivity contribution in [3.05, 3.63) is 54.4 Å². The highest BCUT2D eigenvalue weighted by Gasteiger charge is 2.33. The molecule has 1 fully saturated rings. The van der Waals surface area contributed by atoms with E-state index in [4.69, 9.17) is 4.74 Å². The second-order valence-electron chi connectivity index (χ2n) is 8.02. The Balaban J connectivity index is 1.50. The number of carbonyl (C=O) groups is 2. The minimum absolute atomic E-state index is 0.0186. The maximum atomic E-state index is 13.0. The van der Waals surface area contributed by atoms with Gasteiger partial charge >= 0.3 is 12.1 Å². The lowest BCUT2D eigenvalue weighted by Gasteiger charge is -2.32. The molecule has 0 radical (unpaired) electrons. The third-order valence-electron chi connectivity index (χ3n) is 5.48. The highest BCUT2D eigenvalue weighted by atomic mass is 19.4. The Kier molecular flexibility index (Phi) is 7.99. The van der Waals surface area contributed by atoms with Gasteiger partial charge in [0.1, 0.15) is 30.2 Å². The number of aromatic nitrogens is 4. The van der Waals surface area contributed by atoms with E-state index in [1.807, 2.05) is 0 Å². The Morgan fingerprint density at radius 1 is 1.16 bits per heavy atom. The van der Waals surface area contributed by atoms with Crippen LogP contribution in [0, 0.1) is 11.8 Å². The summed E-state index contributed by atoms with van der Waals surface area (Å²) < 4.78 is 44.9. The average Bonchev–Trinajstić information content (AvgIpc) is 3.41. The first-order valence-electron chi connectivity index (χ1n) is 11.2. The van der Waals surface area contributed by atoms with Gasteiger partial charge in [0.2, 0.25) is 6.41 Å². The van der Waals surface area contributed by atoms with Crippen LogP contribution in [0.4, 0.5) is 18.9 Å². The fourth-order valence-electron chi connectivity index (χ4n) is 3.54. The van der Waals surface area contributed by atoms with Gasteiger partial charge in [-0.05, 0) is 18.2 Å². The summed E-state index contributed by atoms with van der Waals surface area (Å²) in [5.41, 5.74) is -0.0174. The molecule has 0 spiro atoms. The monoisotopic (exact) mass is 513 g/mol. The lowest BCUT2D eigenvalue weighted by Crippen LogP contribution is -2.46. The number of nitrogens with one attached hydrogen (secondary N) is 2. The zero-order chi connectivity index (χ0) is 26.3. The predicted molar refractivity (Wildman–Crippen MR) is 126 cm³/mol. The second kappa shape index (κ2) is 11.5. The molecule has 192 valence electrons. The number of hydrogen-bond acceptors (Lipinski definition) is 7. The van der Waals surface area contributed by atoms with Crippen molar-refractivity contribution in [3.8, 4) is 29.0 Å². The van der Waals surface area contributed by atoms with E-state index in [0.29, 0.717) is 55.8 Å². The number of carbonyl (C=O) groups excluding carboxylic acids is 2. The van der Waals surface area contributed by atoms with Crippen LogP contribution in [-0.4, -0.2) is 81.4 Å². The predicted octanol–water partition coefficient (Wildman–Crippen LogP) is 2.03. The topological polar surface area (TPSA) is 116 Å². The summed E-state index contributed by atoms with van der Waals surface area (Å²) >= 11 is 0. The van der Waals surface area contributed by atoms with E-state index in [1.165, 1.54) is 24.8 Å². The van der Waals surface area contributed by atoms with Crippen LogP contribution in [0.15, 0.2) is 43.1 Å². The van der Waals surface area contributed by atoms with Gasteiger partial charge in [0, 0.05) is 56.6 Å². The van der Waals surface area contributed by atoms with Gasteiger partial charge in [-0.3, -0.25) is 14.5 Å². The zero-order valence-electron chi connectivity index (χ0n) is 19.5. The molecule has 1 aliphatic rings. The highest BCUT2D eigenvalue weighted by molar-refractivity contribution is 6.05. The lowest BCUT2D eigenvalue weighted by molar-refractivity contribution is -0.140. The normalized spacial score (nSPS) is 14.0. The van der Waals surface area contributed by atoms with Crippen molar-refractivity contribution >= 4 is 18.0 Å². The zero-order valence-corrected chi connectivity index (χ0v) is 19.5. The van der Waals surface area contributed by atoms with Crippen molar-refractivity contribution in [2.24, 2.45) is 0 Å². The third-order valence-corrected chi connectivity index (χ3v) is 5.48. The van der Waals surface area contributed by atoms with Crippen LogP contribution in [0.1, 0.15) is 11.3 Å². The number of benzene rings is 1. The third kappa shape index (κ3) is 7.05. The Labute approximate surface area is 209 Å². The number of alkyl halides is 3. The van der Waals surface area contributed by atoms with Crippen LogP contribution in [0.3, 0.4) is 0 Å². The summed E-state index contributed by atoms with van der Waals surface area (Å²) in [6.07, 6.45) is 1.20. The van der Waals surface area contributed by atoms with Crippen LogP contribution < -0.4 is 10.1 Å². The van der Waals surface area contributed by atoms with E-state index in [2.05, 4.69) is 42.0 Å². The van der Waals surface area contributed by atoms with Crippen molar-refractivity contribution < 1.29 is 27.5 Å². The van der Waals surface area contributed by atoms with Gasteiger partial charge in [0.05, 0.1) is 17.4 Å². The van der Waals surface area contributed by atoms with E-state index in [9.17, 15) is 22.8 Å². The highest BCUT2D eigenvalue weighted by Crippen LogP contribution is 2.32. The molecule has 0 saturated carbocycles. The first-order chi connectivity index (χ1) is 17.8. The molecule has 3 heterocycles. The minimum Gasteiger partial charge on any atom is -0.490 e. The molecule has 0 aliphatic carbocycles. The summed E-state index contributed by atoms with van der Waals surface area (Å²) in [6.45, 7) is 3.56. The molecule has 1 aromatic carbocycles. The fraction of sp³-hybridized carbons (Fsp3) is 0.292. The Hall–Kier alpha value is -4.44. The van der Waals surface area contributed by atoms with E-state index in [1.54, 1.807) is 17.0 Å². The smallest absolute Gasteiger partial charge is 0.432 e. The van der Waals surface area contributed by atoms with Crippen molar-refractivity contribution in [1.29, 1.82) is 0 Å². The fourth-order valence-corrected chi connectivity index (χ4v) is 3.54. The Morgan fingerprint density at radius 2 is 1.92 bits per heavy atom. The second-order valence-corrected chi connectivity index (χ2v) is 8.02. The SMILES string of the molecule is O=CN1CCN(CCOc2ccc(-c3ncc(C(F)(F)F)[nH]3)cc2NC(=O)C#Cc2cncnc2)CC1. The van der Waals surface area contributed by atoms with E-state index >= 15 is 0 Å². The van der Waals surface area contributed by atoms with Gasteiger partial charge in [-0.1, -0.05) is 5.92 Å². The van der Waals surface area contributed by atoms with Crippen LogP contribution in [0.2, 0.25) is 0 Å². The maximum absolute atomic E-state index is 13.0. The molecule has 0 bridgehead atoms. The maximum Gasteiger partial charge on any atom is 0.432 e. The number of hydrogen-bond donors (Lipinski definition) is 2. The number of nitrogens with zero attached hydrogens (tertiary/aromatic N) is 5. The van der Waals surface area contributed by atoms with Gasteiger partial charge in [0.25, 0.3) is 0 Å². The van der Waals surface area contributed by atoms with E-state index in [0.717, 1.165) is 6.41 Å². The Bertz CT molecular complexity index is 1290. The van der Waals surface area contributed by atoms with Crippen LogP contribution in [-0.2, 0) is 15.8 Å². The van der Waals surface area contributed by atoms with E-state index in [-0.39, 0.29) is 18.1 Å². The first kappa shape index (κ1) is 25.6. The molecule has 0 unspecified atom stereocenters. The number of amides is 2. The molecule has 10 nitrogen and oxygen atoms in total. The molecule has 2 aromatic heterocycles. The van der Waals surface area contributed by atoms with Gasteiger partial charge in [-0.15, -0.1) is 0 Å². The summed E-state index contributed by atoms with van der Waals surface area (Å²) in [4.78, 5) is 40.9. The molecule has 13 heteroatoms. The number of anilines is 1. The van der Waals surface area contributed by atoms with Crippen molar-refractivity contribution in [1.82, 2.24) is 29.7 Å². The van der Waals surface area contributed by atoms with Crippen LogP contribution in [0.5, 0.6) is 5.75 Å². The van der Waals surface area contributed by atoms with Crippen LogP contribution in [0.25, 0.3) is 11.4 Å². The summed E-state index contributed by atoms with van der Waals surface area (Å²) in [5, 5.41) is 2.63. The average molecular weight is 513 g/mol. The van der Waals surface area contributed by atoms with Gasteiger partial charge in [-0.2, -0.15) is 13.2 Å². The quantitative estimate of drug-likeness (QED) is 0.367. The number of H-pyrrole nitrogens is 1. The van der Waals surface area contributed by atoms with Gasteiger partial charge in [0.15, 0.2) is 0 Å². The number of halogens is 3. The molecular formula is C24H22F3N7O3.